The summed E-state index contributed by atoms with van der Waals surface area (Å²) >= 11 is 0. The van der Waals surface area contributed by atoms with Crippen molar-refractivity contribution in [2.24, 2.45) is 5.41 Å². The fourth-order valence-electron chi connectivity index (χ4n) is 3.44. The molecule has 2 heterocycles. The lowest BCUT2D eigenvalue weighted by molar-refractivity contribution is -0.156. The number of hydrogen-bond donors (Lipinski definition) is 0. The predicted molar refractivity (Wildman–Crippen MR) is 92.3 cm³/mol. The van der Waals surface area contributed by atoms with Crippen LogP contribution in [0.2, 0.25) is 0 Å². The molecule has 7 nitrogen and oxygen atoms in total. The van der Waals surface area contributed by atoms with Crippen molar-refractivity contribution in [2.45, 2.75) is 33.2 Å². The molecule has 138 valence electrons. The van der Waals surface area contributed by atoms with E-state index in [-0.39, 0.29) is 29.4 Å². The number of carbonyl (C=O) groups excluding carboxylic acids is 2. The van der Waals surface area contributed by atoms with E-state index in [2.05, 4.69) is 4.90 Å². The Kier molecular flexibility index (Phi) is 5.59. The van der Waals surface area contributed by atoms with E-state index in [4.69, 9.17) is 0 Å². The van der Waals surface area contributed by atoms with Crippen molar-refractivity contribution in [3.63, 3.8) is 0 Å². The molecule has 2 saturated heterocycles. The van der Waals surface area contributed by atoms with E-state index >= 15 is 0 Å². The van der Waals surface area contributed by atoms with Crippen LogP contribution in [-0.4, -0.2) is 92.3 Å². The molecule has 0 aromatic rings. The van der Waals surface area contributed by atoms with Crippen molar-refractivity contribution >= 4 is 21.7 Å². The zero-order valence-electron chi connectivity index (χ0n) is 15.1. The van der Waals surface area contributed by atoms with Gasteiger partial charge in [0.25, 0.3) is 0 Å². The summed E-state index contributed by atoms with van der Waals surface area (Å²) < 4.78 is 23.5. The first-order chi connectivity index (χ1) is 11.1. The second-order valence-corrected chi connectivity index (χ2v) is 9.60. The highest BCUT2D eigenvalue weighted by Crippen LogP contribution is 2.27. The highest BCUT2D eigenvalue weighted by atomic mass is 32.2. The van der Waals surface area contributed by atoms with Gasteiger partial charge in [-0.15, -0.1) is 0 Å². The number of rotatable bonds is 4. The number of piperazine rings is 1. The van der Waals surface area contributed by atoms with E-state index in [1.165, 1.54) is 0 Å². The SMILES string of the molecule is CCN(C(=O)C(C)(C)C(=O)N1CCN(C)CC1)C1CCS(=O)(=O)C1. The topological polar surface area (TPSA) is 78.0 Å². The summed E-state index contributed by atoms with van der Waals surface area (Å²) in [5.41, 5.74) is -1.17. The van der Waals surface area contributed by atoms with Gasteiger partial charge in [-0.1, -0.05) is 0 Å². The Hall–Kier alpha value is -1.15. The summed E-state index contributed by atoms with van der Waals surface area (Å²) in [4.78, 5) is 31.4. The van der Waals surface area contributed by atoms with E-state index in [1.54, 1.807) is 23.6 Å². The molecule has 2 amide bonds. The molecule has 0 aliphatic carbocycles. The molecule has 0 N–H and O–H groups in total. The fourth-order valence-corrected chi connectivity index (χ4v) is 5.17. The van der Waals surface area contributed by atoms with E-state index in [0.29, 0.717) is 26.1 Å². The molecule has 2 aliphatic heterocycles. The maximum absolute atomic E-state index is 13.0. The quantitative estimate of drug-likeness (QED) is 0.651. The largest absolute Gasteiger partial charge is 0.339 e. The van der Waals surface area contributed by atoms with Crippen LogP contribution in [0.4, 0.5) is 0 Å². The summed E-state index contributed by atoms with van der Waals surface area (Å²) in [5, 5.41) is 0. The van der Waals surface area contributed by atoms with E-state index < -0.39 is 15.3 Å². The van der Waals surface area contributed by atoms with Crippen LogP contribution in [-0.2, 0) is 19.4 Å². The maximum atomic E-state index is 13.0. The van der Waals surface area contributed by atoms with Gasteiger partial charge < -0.3 is 14.7 Å². The minimum Gasteiger partial charge on any atom is -0.339 e. The number of carbonyl (C=O) groups is 2. The van der Waals surface area contributed by atoms with Gasteiger partial charge in [0.05, 0.1) is 11.5 Å². The molecule has 2 rings (SSSR count). The van der Waals surface area contributed by atoms with Gasteiger partial charge in [0.15, 0.2) is 9.84 Å². The third kappa shape index (κ3) is 3.91. The van der Waals surface area contributed by atoms with Gasteiger partial charge in [-0.2, -0.15) is 0 Å². The van der Waals surface area contributed by atoms with Crippen LogP contribution in [0.1, 0.15) is 27.2 Å². The lowest BCUT2D eigenvalue weighted by Crippen LogP contribution is -2.56. The van der Waals surface area contributed by atoms with Gasteiger partial charge >= 0.3 is 0 Å². The monoisotopic (exact) mass is 359 g/mol. The Balaban J connectivity index is 2.11. The Labute approximate surface area is 144 Å². The van der Waals surface area contributed by atoms with E-state index in [1.807, 2.05) is 14.0 Å². The van der Waals surface area contributed by atoms with Gasteiger partial charge in [0.2, 0.25) is 11.8 Å². The van der Waals surface area contributed by atoms with E-state index in [9.17, 15) is 18.0 Å². The fraction of sp³-hybridized carbons (Fsp3) is 0.875. The first-order valence-electron chi connectivity index (χ1n) is 8.58. The maximum Gasteiger partial charge on any atom is 0.237 e. The summed E-state index contributed by atoms with van der Waals surface area (Å²) in [6.07, 6.45) is 0.459. The van der Waals surface area contributed by atoms with Gasteiger partial charge in [-0.25, -0.2) is 8.42 Å². The van der Waals surface area contributed by atoms with Crippen LogP contribution in [0.25, 0.3) is 0 Å². The van der Waals surface area contributed by atoms with Gasteiger partial charge in [-0.3, -0.25) is 9.59 Å². The highest BCUT2D eigenvalue weighted by Gasteiger charge is 2.45. The number of nitrogens with zero attached hydrogens (tertiary/aromatic N) is 3. The van der Waals surface area contributed by atoms with Gasteiger partial charge in [0.1, 0.15) is 5.41 Å². The molecule has 0 radical (unpaired) electrons. The lowest BCUT2D eigenvalue weighted by atomic mass is 9.88. The van der Waals surface area contributed by atoms with Crippen LogP contribution in [0, 0.1) is 5.41 Å². The number of amides is 2. The number of sulfone groups is 1. The van der Waals surface area contributed by atoms with Crippen molar-refractivity contribution in [3.8, 4) is 0 Å². The summed E-state index contributed by atoms with van der Waals surface area (Å²) in [6.45, 7) is 8.40. The molecule has 1 unspecified atom stereocenters. The molecular formula is C16H29N3O4S. The molecule has 8 heteroatoms. The smallest absolute Gasteiger partial charge is 0.237 e. The normalized spacial score (nSPS) is 24.8. The number of hydrogen-bond acceptors (Lipinski definition) is 5. The summed E-state index contributed by atoms with van der Waals surface area (Å²) in [5.74, 6) is -0.310. The van der Waals surface area contributed by atoms with Gasteiger partial charge in [-0.05, 0) is 34.2 Å². The van der Waals surface area contributed by atoms with Crippen molar-refractivity contribution in [2.75, 3.05) is 51.3 Å². The average molecular weight is 359 g/mol. The zero-order chi connectivity index (χ0) is 18.1. The molecular weight excluding hydrogens is 330 g/mol. The molecule has 24 heavy (non-hydrogen) atoms. The highest BCUT2D eigenvalue weighted by molar-refractivity contribution is 7.91. The van der Waals surface area contributed by atoms with Crippen molar-refractivity contribution < 1.29 is 18.0 Å². The van der Waals surface area contributed by atoms with Crippen LogP contribution in [0.5, 0.6) is 0 Å². The predicted octanol–water partition coefficient (Wildman–Crippen LogP) is -0.178. The Morgan fingerprint density at radius 3 is 2.21 bits per heavy atom. The minimum atomic E-state index is -3.07. The average Bonchev–Trinajstić information content (AvgIpc) is 2.87. The first-order valence-corrected chi connectivity index (χ1v) is 10.4. The zero-order valence-corrected chi connectivity index (χ0v) is 15.9. The molecule has 0 bridgehead atoms. The second-order valence-electron chi connectivity index (χ2n) is 7.37. The van der Waals surface area contributed by atoms with Crippen molar-refractivity contribution in [3.05, 3.63) is 0 Å². The molecule has 0 aromatic heterocycles. The van der Waals surface area contributed by atoms with Crippen LogP contribution < -0.4 is 0 Å². The Morgan fingerprint density at radius 1 is 1.17 bits per heavy atom. The molecule has 0 aromatic carbocycles. The van der Waals surface area contributed by atoms with Crippen LogP contribution >= 0.6 is 0 Å². The Morgan fingerprint density at radius 2 is 1.75 bits per heavy atom. The molecule has 0 saturated carbocycles. The van der Waals surface area contributed by atoms with Crippen LogP contribution in [0.3, 0.4) is 0 Å². The molecule has 0 spiro atoms. The summed E-state index contributed by atoms with van der Waals surface area (Å²) in [6, 6.07) is -0.313. The van der Waals surface area contributed by atoms with Gasteiger partial charge in [0, 0.05) is 38.8 Å². The Bertz CT molecular complexity index is 594. The number of likely N-dealkylation sites (N-methyl/N-ethyl adjacent to an activating group) is 1. The van der Waals surface area contributed by atoms with Crippen LogP contribution in [0.15, 0.2) is 0 Å². The first kappa shape index (κ1) is 19.2. The van der Waals surface area contributed by atoms with Crippen molar-refractivity contribution in [1.29, 1.82) is 0 Å². The minimum absolute atomic E-state index is 0.00532. The van der Waals surface area contributed by atoms with Crippen molar-refractivity contribution in [1.82, 2.24) is 14.7 Å². The third-order valence-electron chi connectivity index (χ3n) is 5.11. The standard InChI is InChI=1S/C16H29N3O4S/c1-5-19(13-6-11-24(22,23)12-13)15(21)16(2,3)14(20)18-9-7-17(4)8-10-18/h13H,5-12H2,1-4H3. The lowest BCUT2D eigenvalue weighted by Gasteiger charge is -2.39. The summed E-state index contributed by atoms with van der Waals surface area (Å²) in [7, 11) is -1.06. The molecule has 2 fully saturated rings. The second kappa shape index (κ2) is 7.00. The third-order valence-corrected chi connectivity index (χ3v) is 6.86. The molecule has 1 atom stereocenters. The molecule has 2 aliphatic rings. The van der Waals surface area contributed by atoms with E-state index in [0.717, 1.165) is 13.1 Å².